The van der Waals surface area contributed by atoms with Crippen molar-refractivity contribution in [3.8, 4) is 11.3 Å². The molecular weight excluding hydrogens is 383 g/mol. The van der Waals surface area contributed by atoms with Crippen LogP contribution in [-0.4, -0.2) is 27.7 Å². The molecule has 0 spiro atoms. The average molecular weight is 395 g/mol. The first-order chi connectivity index (χ1) is 12.4. The summed E-state index contributed by atoms with van der Waals surface area (Å²) in [6.45, 7) is 0. The molecule has 1 aromatic carbocycles. The van der Waals surface area contributed by atoms with Crippen LogP contribution >= 0.6 is 22.7 Å². The molecule has 0 saturated heterocycles. The maximum atomic E-state index is 13.6. The van der Waals surface area contributed by atoms with Gasteiger partial charge in [0.1, 0.15) is 0 Å². The highest BCUT2D eigenvalue weighted by Gasteiger charge is 2.62. The quantitative estimate of drug-likeness (QED) is 0.697. The number of anilines is 1. The van der Waals surface area contributed by atoms with Crippen LogP contribution in [0.25, 0.3) is 11.3 Å². The van der Waals surface area contributed by atoms with Crippen LogP contribution in [-0.2, 0) is 0 Å². The molecule has 2 aromatic heterocycles. The zero-order chi connectivity index (χ0) is 18.4. The molecule has 3 heterocycles. The molecule has 134 valence electrons. The summed E-state index contributed by atoms with van der Waals surface area (Å²) in [5.74, 6) is 0. The van der Waals surface area contributed by atoms with Crippen LogP contribution in [0, 0.1) is 0 Å². The van der Waals surface area contributed by atoms with Crippen LogP contribution < -0.4 is 5.01 Å². The number of hydrazone groups is 1. The third-order valence-corrected chi connectivity index (χ3v) is 5.72. The van der Waals surface area contributed by atoms with Crippen molar-refractivity contribution in [2.75, 3.05) is 5.01 Å². The van der Waals surface area contributed by atoms with Gasteiger partial charge in [0.05, 0.1) is 22.7 Å². The topological polar surface area (TPSA) is 48.7 Å². The molecule has 1 unspecified atom stereocenters. The zero-order valence-electron chi connectivity index (χ0n) is 13.1. The third kappa shape index (κ3) is 2.81. The summed E-state index contributed by atoms with van der Waals surface area (Å²) >= 11 is 2.29. The van der Waals surface area contributed by atoms with Crippen molar-refractivity contribution in [3.63, 3.8) is 0 Å². The van der Waals surface area contributed by atoms with E-state index in [0.29, 0.717) is 15.6 Å². The maximum absolute atomic E-state index is 13.6. The Morgan fingerprint density at radius 3 is 2.50 bits per heavy atom. The van der Waals surface area contributed by atoms with E-state index < -0.39 is 18.3 Å². The van der Waals surface area contributed by atoms with Gasteiger partial charge in [0.15, 0.2) is 0 Å². The van der Waals surface area contributed by atoms with Gasteiger partial charge in [-0.05, 0) is 11.4 Å². The molecule has 1 aliphatic heterocycles. The van der Waals surface area contributed by atoms with Crippen molar-refractivity contribution in [1.82, 2.24) is 4.98 Å². The average Bonchev–Trinajstić information content (AvgIpc) is 3.34. The van der Waals surface area contributed by atoms with Gasteiger partial charge in [-0.1, -0.05) is 36.4 Å². The predicted octanol–water partition coefficient (Wildman–Crippen LogP) is 4.74. The summed E-state index contributed by atoms with van der Waals surface area (Å²) in [5.41, 5.74) is -1.60. The van der Waals surface area contributed by atoms with Gasteiger partial charge in [0.2, 0.25) is 5.13 Å². The first-order valence-corrected chi connectivity index (χ1v) is 9.36. The Labute approximate surface area is 154 Å². The molecule has 26 heavy (non-hydrogen) atoms. The highest BCUT2D eigenvalue weighted by atomic mass is 32.1. The van der Waals surface area contributed by atoms with E-state index in [4.69, 9.17) is 0 Å². The lowest BCUT2D eigenvalue weighted by molar-refractivity contribution is -0.254. The van der Waals surface area contributed by atoms with Gasteiger partial charge in [0.25, 0.3) is 5.72 Å². The van der Waals surface area contributed by atoms with Crippen molar-refractivity contribution in [2.45, 2.75) is 18.3 Å². The van der Waals surface area contributed by atoms with Gasteiger partial charge in [0, 0.05) is 10.9 Å². The van der Waals surface area contributed by atoms with E-state index >= 15 is 0 Å². The normalized spacial score (nSPS) is 20.5. The summed E-state index contributed by atoms with van der Waals surface area (Å²) in [6.07, 6.45) is -5.52. The number of hydrogen-bond acceptors (Lipinski definition) is 6. The molecule has 1 atom stereocenters. The van der Waals surface area contributed by atoms with E-state index in [1.807, 2.05) is 30.3 Å². The first-order valence-electron chi connectivity index (χ1n) is 7.60. The Kier molecular flexibility index (Phi) is 4.09. The number of aliphatic hydroxyl groups is 1. The summed E-state index contributed by atoms with van der Waals surface area (Å²) in [6, 6.07) is 12.5. The van der Waals surface area contributed by atoms with Gasteiger partial charge >= 0.3 is 6.18 Å². The van der Waals surface area contributed by atoms with E-state index in [1.54, 1.807) is 22.9 Å². The largest absolute Gasteiger partial charge is 0.438 e. The second-order valence-corrected chi connectivity index (χ2v) is 7.49. The molecule has 1 aliphatic rings. The Bertz CT molecular complexity index is 938. The predicted molar refractivity (Wildman–Crippen MR) is 96.5 cm³/mol. The molecule has 0 bridgehead atoms. The second kappa shape index (κ2) is 6.19. The lowest BCUT2D eigenvalue weighted by atomic mass is 10.1. The van der Waals surface area contributed by atoms with Gasteiger partial charge in [-0.3, -0.25) is 0 Å². The highest BCUT2D eigenvalue weighted by molar-refractivity contribution is 7.14. The van der Waals surface area contributed by atoms with Crippen LogP contribution in [0.15, 0.2) is 58.3 Å². The first kappa shape index (κ1) is 17.2. The third-order valence-electron chi connectivity index (χ3n) is 3.99. The lowest BCUT2D eigenvalue weighted by Gasteiger charge is -2.32. The van der Waals surface area contributed by atoms with Crippen LogP contribution in [0.1, 0.15) is 11.3 Å². The SMILES string of the molecule is OC1(C(F)(F)F)CC(c2cccs2)=NN1c1nc(-c2ccccc2)cs1. The Hall–Kier alpha value is -2.23. The summed E-state index contributed by atoms with van der Waals surface area (Å²) in [4.78, 5) is 4.86. The second-order valence-electron chi connectivity index (χ2n) is 5.71. The van der Waals surface area contributed by atoms with Gasteiger partial charge in [-0.25, -0.2) is 4.98 Å². The lowest BCUT2D eigenvalue weighted by Crippen LogP contribution is -2.55. The van der Waals surface area contributed by atoms with E-state index in [2.05, 4.69) is 10.1 Å². The maximum Gasteiger partial charge on any atom is 0.438 e. The summed E-state index contributed by atoms with van der Waals surface area (Å²) < 4.78 is 40.9. The Balaban J connectivity index is 1.76. The fourth-order valence-corrected chi connectivity index (χ4v) is 4.21. The summed E-state index contributed by atoms with van der Waals surface area (Å²) in [7, 11) is 0. The Morgan fingerprint density at radius 1 is 1.08 bits per heavy atom. The van der Waals surface area contributed by atoms with E-state index in [-0.39, 0.29) is 10.8 Å². The van der Waals surface area contributed by atoms with Crippen molar-refractivity contribution in [3.05, 3.63) is 58.1 Å². The number of alkyl halides is 3. The molecule has 4 nitrogen and oxygen atoms in total. The van der Waals surface area contributed by atoms with E-state index in [0.717, 1.165) is 16.9 Å². The van der Waals surface area contributed by atoms with Gasteiger partial charge < -0.3 is 5.11 Å². The smallest absolute Gasteiger partial charge is 0.362 e. The minimum Gasteiger partial charge on any atom is -0.362 e. The standard InChI is InChI=1S/C17H12F3N3OS2/c18-17(19,20)16(24)9-12(14-7-4-8-25-14)22-23(16)15-21-13(10-26-15)11-5-2-1-3-6-11/h1-8,10,24H,9H2. The fourth-order valence-electron chi connectivity index (χ4n) is 2.65. The number of nitrogens with zero attached hydrogens (tertiary/aromatic N) is 3. The number of hydrogen-bond donors (Lipinski definition) is 1. The molecule has 0 amide bonds. The van der Waals surface area contributed by atoms with Crippen molar-refractivity contribution in [1.29, 1.82) is 0 Å². The van der Waals surface area contributed by atoms with Crippen LogP contribution in [0.4, 0.5) is 18.3 Å². The molecular formula is C17H12F3N3OS2. The molecule has 0 fully saturated rings. The number of aromatic nitrogens is 1. The van der Waals surface area contributed by atoms with Gasteiger partial charge in [-0.2, -0.15) is 23.3 Å². The van der Waals surface area contributed by atoms with E-state index in [1.165, 1.54) is 11.3 Å². The molecule has 1 N–H and O–H groups in total. The van der Waals surface area contributed by atoms with E-state index in [9.17, 15) is 18.3 Å². The van der Waals surface area contributed by atoms with Crippen molar-refractivity contribution < 1.29 is 18.3 Å². The number of thiazole rings is 1. The molecule has 9 heteroatoms. The number of thiophene rings is 1. The van der Waals surface area contributed by atoms with Crippen LogP contribution in [0.2, 0.25) is 0 Å². The van der Waals surface area contributed by atoms with Crippen LogP contribution in [0.5, 0.6) is 0 Å². The minimum atomic E-state index is -4.88. The highest BCUT2D eigenvalue weighted by Crippen LogP contribution is 2.45. The molecule has 0 radical (unpaired) electrons. The summed E-state index contributed by atoms with van der Waals surface area (Å²) in [5, 5.41) is 18.5. The minimum absolute atomic E-state index is 0.00441. The molecule has 3 aromatic rings. The molecule has 4 rings (SSSR count). The number of benzene rings is 1. The Morgan fingerprint density at radius 2 is 1.85 bits per heavy atom. The van der Waals surface area contributed by atoms with Crippen molar-refractivity contribution >= 4 is 33.5 Å². The fraction of sp³-hybridized carbons (Fsp3) is 0.176. The molecule has 0 saturated carbocycles. The molecule has 0 aliphatic carbocycles. The number of halogens is 3. The van der Waals surface area contributed by atoms with Gasteiger partial charge in [-0.15, -0.1) is 22.7 Å². The monoisotopic (exact) mass is 395 g/mol. The number of rotatable bonds is 3. The zero-order valence-corrected chi connectivity index (χ0v) is 14.8. The van der Waals surface area contributed by atoms with Crippen LogP contribution in [0.3, 0.4) is 0 Å². The van der Waals surface area contributed by atoms with Crippen molar-refractivity contribution in [2.24, 2.45) is 5.10 Å².